The Bertz CT molecular complexity index is 587. The highest BCUT2D eigenvalue weighted by Crippen LogP contribution is 2.34. The van der Waals surface area contributed by atoms with Crippen LogP contribution >= 0.6 is 0 Å². The van der Waals surface area contributed by atoms with E-state index in [0.717, 1.165) is 18.9 Å². The lowest BCUT2D eigenvalue weighted by Gasteiger charge is -2.30. The maximum Gasteiger partial charge on any atom is 0.418 e. The largest absolute Gasteiger partial charge is 0.418 e. The third-order valence-electron chi connectivity index (χ3n) is 3.83. The number of para-hydroxylation sites is 1. The summed E-state index contributed by atoms with van der Waals surface area (Å²) in [5.41, 5.74) is -1.25. The minimum Gasteiger partial charge on any atom is -0.342 e. The van der Waals surface area contributed by atoms with Crippen molar-refractivity contribution in [2.45, 2.75) is 32.4 Å². The van der Waals surface area contributed by atoms with Crippen LogP contribution in [0.4, 0.5) is 18.9 Å². The number of carbonyl (C=O) groups excluding carboxylic acids is 2. The number of alkyl halides is 3. The molecule has 1 aromatic carbocycles. The lowest BCUT2D eigenvalue weighted by molar-refractivity contribution is -0.137. The molecule has 1 aliphatic rings. The molecule has 1 aliphatic heterocycles. The third-order valence-corrected chi connectivity index (χ3v) is 3.83. The van der Waals surface area contributed by atoms with Crippen LogP contribution in [0.15, 0.2) is 24.3 Å². The molecule has 0 aromatic heterocycles. The van der Waals surface area contributed by atoms with E-state index in [-0.39, 0.29) is 11.6 Å². The first-order valence-electron chi connectivity index (χ1n) is 7.51. The molecule has 0 radical (unpaired) electrons. The highest BCUT2D eigenvalue weighted by atomic mass is 19.4. The Labute approximate surface area is 132 Å². The van der Waals surface area contributed by atoms with Crippen LogP contribution in [0.3, 0.4) is 0 Å². The molecule has 1 aromatic rings. The number of amides is 2. The molecular weight excluding hydrogens is 309 g/mol. The number of piperidine rings is 1. The van der Waals surface area contributed by atoms with Gasteiger partial charge >= 0.3 is 6.18 Å². The monoisotopic (exact) mass is 328 g/mol. The van der Waals surface area contributed by atoms with Gasteiger partial charge in [-0.25, -0.2) is 0 Å². The van der Waals surface area contributed by atoms with Crippen LogP contribution < -0.4 is 5.32 Å². The van der Waals surface area contributed by atoms with E-state index in [1.165, 1.54) is 18.2 Å². The quantitative estimate of drug-likeness (QED) is 0.866. The number of benzene rings is 1. The maximum absolute atomic E-state index is 12.9. The second-order valence-electron chi connectivity index (χ2n) is 5.86. The van der Waals surface area contributed by atoms with Crippen molar-refractivity contribution in [1.82, 2.24) is 4.90 Å². The number of hydrogen-bond acceptors (Lipinski definition) is 2. The molecule has 1 fully saturated rings. The smallest absolute Gasteiger partial charge is 0.342 e. The highest BCUT2D eigenvalue weighted by Gasteiger charge is 2.33. The van der Waals surface area contributed by atoms with Crippen LogP contribution in [-0.2, 0) is 15.8 Å². The van der Waals surface area contributed by atoms with E-state index < -0.39 is 24.1 Å². The van der Waals surface area contributed by atoms with Gasteiger partial charge in [-0.1, -0.05) is 19.1 Å². The number of hydrogen-bond donors (Lipinski definition) is 1. The van der Waals surface area contributed by atoms with Crippen molar-refractivity contribution < 1.29 is 22.8 Å². The molecule has 0 saturated carbocycles. The number of likely N-dealkylation sites (tertiary alicyclic amines) is 1. The van der Waals surface area contributed by atoms with Gasteiger partial charge < -0.3 is 10.2 Å². The first-order chi connectivity index (χ1) is 10.8. The zero-order chi connectivity index (χ0) is 17.0. The maximum atomic E-state index is 12.9. The van der Waals surface area contributed by atoms with Crippen molar-refractivity contribution in [3.05, 3.63) is 29.8 Å². The summed E-state index contributed by atoms with van der Waals surface area (Å²) in [7, 11) is 0. The van der Waals surface area contributed by atoms with Gasteiger partial charge in [0.1, 0.15) is 6.42 Å². The van der Waals surface area contributed by atoms with E-state index in [9.17, 15) is 22.8 Å². The fraction of sp³-hybridized carbons (Fsp3) is 0.500. The minimum absolute atomic E-state index is 0.329. The predicted octanol–water partition coefficient (Wildman–Crippen LogP) is 3.29. The van der Waals surface area contributed by atoms with E-state index in [4.69, 9.17) is 0 Å². The normalized spacial score (nSPS) is 18.6. The molecule has 0 bridgehead atoms. The van der Waals surface area contributed by atoms with Crippen LogP contribution in [0.25, 0.3) is 0 Å². The number of rotatable bonds is 3. The fourth-order valence-electron chi connectivity index (χ4n) is 2.70. The zero-order valence-electron chi connectivity index (χ0n) is 12.8. The summed E-state index contributed by atoms with van der Waals surface area (Å²) in [6.45, 7) is 3.21. The summed E-state index contributed by atoms with van der Waals surface area (Å²) in [5.74, 6) is -0.704. The Morgan fingerprint density at radius 1 is 1.30 bits per heavy atom. The van der Waals surface area contributed by atoms with Crippen molar-refractivity contribution in [2.75, 3.05) is 18.4 Å². The topological polar surface area (TPSA) is 49.4 Å². The number of halogens is 3. The molecule has 1 unspecified atom stereocenters. The Morgan fingerprint density at radius 2 is 2.00 bits per heavy atom. The molecule has 1 heterocycles. The van der Waals surface area contributed by atoms with Crippen LogP contribution in [0.2, 0.25) is 0 Å². The average Bonchev–Trinajstić information content (AvgIpc) is 2.46. The van der Waals surface area contributed by atoms with Gasteiger partial charge in [0.25, 0.3) is 0 Å². The summed E-state index contributed by atoms with van der Waals surface area (Å²) < 4.78 is 38.6. The van der Waals surface area contributed by atoms with Gasteiger partial charge in [-0.15, -0.1) is 0 Å². The molecule has 1 saturated heterocycles. The Hall–Kier alpha value is -2.05. The average molecular weight is 328 g/mol. The molecule has 1 atom stereocenters. The van der Waals surface area contributed by atoms with Gasteiger partial charge in [0.2, 0.25) is 11.8 Å². The predicted molar refractivity (Wildman–Crippen MR) is 79.7 cm³/mol. The molecule has 2 rings (SSSR count). The molecule has 0 aliphatic carbocycles. The lowest BCUT2D eigenvalue weighted by atomic mass is 10.00. The van der Waals surface area contributed by atoms with Crippen LogP contribution in [0.5, 0.6) is 0 Å². The van der Waals surface area contributed by atoms with E-state index in [1.54, 1.807) is 4.90 Å². The first kappa shape index (κ1) is 17.3. The zero-order valence-corrected chi connectivity index (χ0v) is 12.8. The molecule has 7 heteroatoms. The van der Waals surface area contributed by atoms with E-state index in [0.29, 0.717) is 19.0 Å². The second-order valence-corrected chi connectivity index (χ2v) is 5.86. The molecule has 23 heavy (non-hydrogen) atoms. The van der Waals surface area contributed by atoms with Crippen molar-refractivity contribution in [3.63, 3.8) is 0 Å². The van der Waals surface area contributed by atoms with Crippen LogP contribution in [0, 0.1) is 5.92 Å². The van der Waals surface area contributed by atoms with Crippen molar-refractivity contribution in [3.8, 4) is 0 Å². The van der Waals surface area contributed by atoms with E-state index in [2.05, 4.69) is 5.32 Å². The lowest BCUT2D eigenvalue weighted by Crippen LogP contribution is -2.40. The van der Waals surface area contributed by atoms with Gasteiger partial charge in [0, 0.05) is 13.1 Å². The molecule has 4 nitrogen and oxygen atoms in total. The molecule has 2 amide bonds. The molecule has 1 N–H and O–H groups in total. The molecule has 126 valence electrons. The number of carbonyl (C=O) groups is 2. The van der Waals surface area contributed by atoms with Crippen molar-refractivity contribution in [1.29, 1.82) is 0 Å². The summed E-state index contributed by atoms with van der Waals surface area (Å²) >= 11 is 0. The van der Waals surface area contributed by atoms with Crippen molar-refractivity contribution in [2.24, 2.45) is 5.92 Å². The van der Waals surface area contributed by atoms with Gasteiger partial charge in [0.15, 0.2) is 0 Å². The van der Waals surface area contributed by atoms with Crippen molar-refractivity contribution >= 4 is 17.5 Å². The van der Waals surface area contributed by atoms with E-state index in [1.807, 2.05) is 6.92 Å². The highest BCUT2D eigenvalue weighted by molar-refractivity contribution is 6.03. The number of anilines is 1. The van der Waals surface area contributed by atoms with E-state index >= 15 is 0 Å². The van der Waals surface area contributed by atoms with Crippen LogP contribution in [-0.4, -0.2) is 29.8 Å². The molecular formula is C16H19F3N2O2. The summed E-state index contributed by atoms with van der Waals surface area (Å²) in [6, 6.07) is 4.72. The van der Waals surface area contributed by atoms with Gasteiger partial charge in [0.05, 0.1) is 11.3 Å². The summed E-state index contributed by atoms with van der Waals surface area (Å²) in [4.78, 5) is 25.6. The SMILES string of the molecule is CC1CCCN(C(=O)CC(=O)Nc2ccccc2C(F)(F)F)C1. The van der Waals surface area contributed by atoms with Gasteiger partial charge in [-0.05, 0) is 30.9 Å². The number of nitrogens with one attached hydrogen (secondary N) is 1. The first-order valence-corrected chi connectivity index (χ1v) is 7.51. The summed E-state index contributed by atoms with van der Waals surface area (Å²) in [5, 5.41) is 2.19. The Kier molecular flexibility index (Phi) is 5.28. The van der Waals surface area contributed by atoms with Crippen LogP contribution in [0.1, 0.15) is 31.7 Å². The third kappa shape index (κ3) is 4.71. The Balaban J connectivity index is 1.99. The molecule has 0 spiro atoms. The minimum atomic E-state index is -4.56. The fourth-order valence-corrected chi connectivity index (χ4v) is 2.70. The second kappa shape index (κ2) is 7.02. The number of nitrogens with zero attached hydrogens (tertiary/aromatic N) is 1. The standard InChI is InChI=1S/C16H19F3N2O2/c1-11-5-4-8-21(10-11)15(23)9-14(22)20-13-7-3-2-6-12(13)16(17,18)19/h2-3,6-7,11H,4-5,8-10H2,1H3,(H,20,22). The van der Waals surface area contributed by atoms with Gasteiger partial charge in [-0.3, -0.25) is 9.59 Å². The Morgan fingerprint density at radius 3 is 2.65 bits per heavy atom. The summed E-state index contributed by atoms with van der Waals surface area (Å²) in [6.07, 6.45) is -3.09. The van der Waals surface area contributed by atoms with Gasteiger partial charge in [-0.2, -0.15) is 13.2 Å².